The normalized spacial score (nSPS) is 11.5. The summed E-state index contributed by atoms with van der Waals surface area (Å²) in [6, 6.07) is 0. The predicted molar refractivity (Wildman–Crippen MR) is 66.5 cm³/mol. The fraction of sp³-hybridized carbons (Fsp3) is 0.917. The van der Waals surface area contributed by atoms with E-state index < -0.39 is 0 Å². The minimum absolute atomic E-state index is 0.0387. The molecule has 0 unspecified atom stereocenters. The van der Waals surface area contributed by atoms with Gasteiger partial charge >= 0.3 is 0 Å². The molecule has 0 aromatic rings. The third-order valence-corrected chi connectivity index (χ3v) is 3.28. The van der Waals surface area contributed by atoms with Gasteiger partial charge in [0.2, 0.25) is 5.91 Å². The summed E-state index contributed by atoms with van der Waals surface area (Å²) in [4.78, 5) is 11.5. The molecule has 0 heterocycles. The first-order valence-corrected chi connectivity index (χ1v) is 6.14. The molecule has 16 heavy (non-hydrogen) atoms. The van der Waals surface area contributed by atoms with Gasteiger partial charge in [-0.15, -0.1) is 0 Å². The van der Waals surface area contributed by atoms with Crippen LogP contribution in [-0.2, 0) is 9.53 Å². The van der Waals surface area contributed by atoms with Crippen LogP contribution in [0.1, 0.15) is 40.0 Å². The molecule has 96 valence electrons. The molecule has 0 aromatic heterocycles. The number of carbonyl (C=O) groups is 1. The van der Waals surface area contributed by atoms with Gasteiger partial charge in [0.15, 0.2) is 0 Å². The summed E-state index contributed by atoms with van der Waals surface area (Å²) in [5.74, 6) is 0.0387. The third kappa shape index (κ3) is 5.47. The van der Waals surface area contributed by atoms with Crippen molar-refractivity contribution >= 4 is 5.91 Å². The lowest BCUT2D eigenvalue weighted by Crippen LogP contribution is -2.48. The Bertz CT molecular complexity index is 183. The van der Waals surface area contributed by atoms with Gasteiger partial charge in [-0.3, -0.25) is 4.79 Å². The minimum Gasteiger partial charge on any atom is -0.383 e. The van der Waals surface area contributed by atoms with E-state index in [2.05, 4.69) is 31.4 Å². The van der Waals surface area contributed by atoms with Crippen molar-refractivity contribution < 1.29 is 9.53 Å². The van der Waals surface area contributed by atoms with Crippen LogP contribution in [0.2, 0.25) is 0 Å². The number of ether oxygens (including phenoxy) is 1. The van der Waals surface area contributed by atoms with Gasteiger partial charge in [-0.2, -0.15) is 0 Å². The van der Waals surface area contributed by atoms with Crippen molar-refractivity contribution in [3.05, 3.63) is 0 Å². The van der Waals surface area contributed by atoms with Gasteiger partial charge in [0.1, 0.15) is 0 Å². The van der Waals surface area contributed by atoms with Gasteiger partial charge in [0.05, 0.1) is 13.2 Å². The molecule has 0 atom stereocenters. The van der Waals surface area contributed by atoms with Crippen molar-refractivity contribution in [3.8, 4) is 0 Å². The van der Waals surface area contributed by atoms with Gasteiger partial charge in [-0.05, 0) is 19.3 Å². The quantitative estimate of drug-likeness (QED) is 0.587. The van der Waals surface area contributed by atoms with Gasteiger partial charge in [0, 0.05) is 19.2 Å². The number of amides is 1. The summed E-state index contributed by atoms with van der Waals surface area (Å²) < 4.78 is 4.87. The highest BCUT2D eigenvalue weighted by atomic mass is 16.5. The molecule has 4 nitrogen and oxygen atoms in total. The number of hydrogen-bond donors (Lipinski definition) is 2. The molecule has 0 aliphatic heterocycles. The Labute approximate surface area is 99.1 Å². The van der Waals surface area contributed by atoms with Gasteiger partial charge in [-0.1, -0.05) is 20.8 Å². The van der Waals surface area contributed by atoms with Crippen LogP contribution in [0.5, 0.6) is 0 Å². The van der Waals surface area contributed by atoms with E-state index in [9.17, 15) is 4.79 Å². The zero-order valence-electron chi connectivity index (χ0n) is 11.1. The average molecular weight is 230 g/mol. The average Bonchev–Trinajstić information content (AvgIpc) is 2.32. The van der Waals surface area contributed by atoms with E-state index in [-0.39, 0.29) is 11.4 Å². The summed E-state index contributed by atoms with van der Waals surface area (Å²) in [5, 5.41) is 6.16. The lowest BCUT2D eigenvalue weighted by Gasteiger charge is -2.31. The van der Waals surface area contributed by atoms with E-state index >= 15 is 0 Å². The van der Waals surface area contributed by atoms with Crippen molar-refractivity contribution in [2.24, 2.45) is 0 Å². The van der Waals surface area contributed by atoms with Gasteiger partial charge in [-0.25, -0.2) is 0 Å². The fourth-order valence-corrected chi connectivity index (χ4v) is 1.75. The van der Waals surface area contributed by atoms with Crippen LogP contribution >= 0.6 is 0 Å². The predicted octanol–water partition coefficient (Wildman–Crippen LogP) is 1.31. The molecular weight excluding hydrogens is 204 g/mol. The first-order chi connectivity index (χ1) is 7.64. The SMILES string of the molecule is CCC(CC)(CC)NCC(=O)NCCOC. The molecule has 2 N–H and O–H groups in total. The molecular formula is C12H26N2O2. The highest BCUT2D eigenvalue weighted by Crippen LogP contribution is 2.18. The lowest BCUT2D eigenvalue weighted by atomic mass is 9.90. The van der Waals surface area contributed by atoms with E-state index in [1.54, 1.807) is 7.11 Å². The fourth-order valence-electron chi connectivity index (χ4n) is 1.75. The summed E-state index contributed by atoms with van der Waals surface area (Å²) in [6.45, 7) is 7.99. The second-order valence-electron chi connectivity index (χ2n) is 4.04. The number of rotatable bonds is 9. The van der Waals surface area contributed by atoms with Gasteiger partial charge < -0.3 is 15.4 Å². The molecule has 0 fully saturated rings. The number of hydrogen-bond acceptors (Lipinski definition) is 3. The van der Waals surface area contributed by atoms with Crippen LogP contribution in [0.25, 0.3) is 0 Å². The third-order valence-electron chi connectivity index (χ3n) is 3.28. The number of methoxy groups -OCH3 is 1. The Morgan fingerprint density at radius 1 is 1.19 bits per heavy atom. The molecule has 4 heteroatoms. The smallest absolute Gasteiger partial charge is 0.234 e. The zero-order chi connectivity index (χ0) is 12.4. The standard InChI is InChI=1S/C12H26N2O2/c1-5-12(6-2,7-3)14-10-11(15)13-8-9-16-4/h14H,5-10H2,1-4H3,(H,13,15). The number of carbonyl (C=O) groups excluding carboxylic acids is 1. The van der Waals surface area contributed by atoms with E-state index in [4.69, 9.17) is 4.74 Å². The second-order valence-corrected chi connectivity index (χ2v) is 4.04. The Morgan fingerprint density at radius 2 is 1.75 bits per heavy atom. The van der Waals surface area contributed by atoms with Crippen molar-refractivity contribution in [1.29, 1.82) is 0 Å². The molecule has 0 bridgehead atoms. The van der Waals surface area contributed by atoms with Crippen LogP contribution in [0.4, 0.5) is 0 Å². The highest BCUT2D eigenvalue weighted by Gasteiger charge is 2.23. The first kappa shape index (κ1) is 15.4. The van der Waals surface area contributed by atoms with Crippen molar-refractivity contribution in [3.63, 3.8) is 0 Å². The maximum Gasteiger partial charge on any atom is 0.234 e. The maximum absolute atomic E-state index is 11.5. The molecule has 0 aliphatic carbocycles. The van der Waals surface area contributed by atoms with E-state index in [1.165, 1.54) is 0 Å². The first-order valence-electron chi connectivity index (χ1n) is 6.14. The molecule has 0 saturated carbocycles. The second kappa shape index (κ2) is 8.53. The summed E-state index contributed by atoms with van der Waals surface area (Å²) in [6.07, 6.45) is 3.14. The molecule has 0 aromatic carbocycles. The summed E-state index contributed by atoms with van der Waals surface area (Å²) in [5.41, 5.74) is 0.110. The van der Waals surface area contributed by atoms with Crippen molar-refractivity contribution in [1.82, 2.24) is 10.6 Å². The zero-order valence-corrected chi connectivity index (χ0v) is 11.1. The largest absolute Gasteiger partial charge is 0.383 e. The van der Waals surface area contributed by atoms with E-state index in [0.717, 1.165) is 19.3 Å². The van der Waals surface area contributed by atoms with E-state index in [1.807, 2.05) is 0 Å². The summed E-state index contributed by atoms with van der Waals surface area (Å²) >= 11 is 0. The molecule has 0 rings (SSSR count). The Hall–Kier alpha value is -0.610. The Balaban J connectivity index is 3.87. The number of nitrogens with one attached hydrogen (secondary N) is 2. The molecule has 0 radical (unpaired) electrons. The van der Waals surface area contributed by atoms with E-state index in [0.29, 0.717) is 19.7 Å². The van der Waals surface area contributed by atoms with Crippen LogP contribution in [-0.4, -0.2) is 38.3 Å². The molecule has 0 saturated heterocycles. The lowest BCUT2D eigenvalue weighted by molar-refractivity contribution is -0.120. The molecule has 0 aliphatic rings. The molecule has 1 amide bonds. The Kier molecular flexibility index (Phi) is 8.21. The van der Waals surface area contributed by atoms with Crippen LogP contribution in [0.3, 0.4) is 0 Å². The molecule has 0 spiro atoms. The monoisotopic (exact) mass is 230 g/mol. The maximum atomic E-state index is 11.5. The Morgan fingerprint density at radius 3 is 2.19 bits per heavy atom. The summed E-state index contributed by atoms with van der Waals surface area (Å²) in [7, 11) is 1.63. The van der Waals surface area contributed by atoms with Crippen LogP contribution in [0, 0.1) is 0 Å². The minimum atomic E-state index is 0.0387. The van der Waals surface area contributed by atoms with Crippen LogP contribution < -0.4 is 10.6 Å². The highest BCUT2D eigenvalue weighted by molar-refractivity contribution is 5.78. The van der Waals surface area contributed by atoms with Gasteiger partial charge in [0.25, 0.3) is 0 Å². The topological polar surface area (TPSA) is 50.4 Å². The van der Waals surface area contributed by atoms with Crippen LogP contribution in [0.15, 0.2) is 0 Å². The van der Waals surface area contributed by atoms with Crippen molar-refractivity contribution in [2.75, 3.05) is 26.8 Å². The van der Waals surface area contributed by atoms with Crippen molar-refractivity contribution in [2.45, 2.75) is 45.6 Å².